The molecule has 110 valence electrons. The largest absolute Gasteiger partial charge is 0.497 e. The normalized spacial score (nSPS) is 16.7. The topological polar surface area (TPSA) is 21.3 Å². The van der Waals surface area contributed by atoms with E-state index in [-0.39, 0.29) is 6.04 Å². The van der Waals surface area contributed by atoms with Crippen LogP contribution in [0.5, 0.6) is 5.75 Å². The van der Waals surface area contributed by atoms with Crippen molar-refractivity contribution in [1.82, 2.24) is 0 Å². The van der Waals surface area contributed by atoms with E-state index in [0.717, 1.165) is 28.8 Å². The lowest BCUT2D eigenvalue weighted by Gasteiger charge is -2.18. The van der Waals surface area contributed by atoms with Crippen molar-refractivity contribution in [2.24, 2.45) is 0 Å². The first-order valence-corrected chi connectivity index (χ1v) is 8.21. The molecule has 1 unspecified atom stereocenters. The molecule has 0 aromatic heterocycles. The summed E-state index contributed by atoms with van der Waals surface area (Å²) in [4.78, 5) is 0. The van der Waals surface area contributed by atoms with Crippen LogP contribution >= 0.6 is 39.1 Å². The Hall–Kier alpha value is -0.900. The van der Waals surface area contributed by atoms with Gasteiger partial charge in [0.25, 0.3) is 0 Å². The highest BCUT2D eigenvalue weighted by molar-refractivity contribution is 9.10. The fourth-order valence-corrected chi connectivity index (χ4v) is 4.03. The summed E-state index contributed by atoms with van der Waals surface area (Å²) >= 11 is 16.0. The standard InChI is InChI=1S/C16H14BrCl2NO/c1-21-11-4-2-9-3-5-15(12(9)8-11)20-16-13(18)6-10(17)7-14(16)19/h2,4,6-8,15,20H,3,5H2,1H3. The van der Waals surface area contributed by atoms with Gasteiger partial charge in [-0.25, -0.2) is 0 Å². The van der Waals surface area contributed by atoms with Crippen LogP contribution in [0.25, 0.3) is 0 Å². The second kappa shape index (κ2) is 6.07. The molecule has 0 amide bonds. The van der Waals surface area contributed by atoms with Crippen LogP contribution in [0.2, 0.25) is 10.0 Å². The number of aryl methyl sites for hydroxylation is 1. The number of fused-ring (bicyclic) bond motifs is 1. The molecule has 0 bridgehead atoms. The molecule has 21 heavy (non-hydrogen) atoms. The van der Waals surface area contributed by atoms with Gasteiger partial charge in [0.15, 0.2) is 0 Å². The van der Waals surface area contributed by atoms with Gasteiger partial charge >= 0.3 is 0 Å². The summed E-state index contributed by atoms with van der Waals surface area (Å²) in [6, 6.07) is 10.1. The van der Waals surface area contributed by atoms with Crippen molar-refractivity contribution >= 4 is 44.8 Å². The van der Waals surface area contributed by atoms with E-state index in [4.69, 9.17) is 27.9 Å². The summed E-state index contributed by atoms with van der Waals surface area (Å²) in [6.07, 6.45) is 2.06. The average molecular weight is 387 g/mol. The van der Waals surface area contributed by atoms with Crippen molar-refractivity contribution < 1.29 is 4.74 Å². The molecule has 2 nitrogen and oxygen atoms in total. The van der Waals surface area contributed by atoms with Crippen LogP contribution in [0.3, 0.4) is 0 Å². The van der Waals surface area contributed by atoms with Crippen molar-refractivity contribution in [3.8, 4) is 5.75 Å². The Labute approximate surface area is 142 Å². The highest BCUT2D eigenvalue weighted by Crippen LogP contribution is 2.40. The smallest absolute Gasteiger partial charge is 0.119 e. The van der Waals surface area contributed by atoms with Gasteiger partial charge in [-0.15, -0.1) is 0 Å². The summed E-state index contributed by atoms with van der Waals surface area (Å²) in [5, 5.41) is 4.70. The van der Waals surface area contributed by atoms with Gasteiger partial charge in [-0.2, -0.15) is 0 Å². The third kappa shape index (κ3) is 3.01. The molecule has 3 rings (SSSR count). The fraction of sp³-hybridized carbons (Fsp3) is 0.250. The van der Waals surface area contributed by atoms with E-state index in [2.05, 4.69) is 33.4 Å². The van der Waals surface area contributed by atoms with Gasteiger partial charge in [-0.3, -0.25) is 0 Å². The van der Waals surface area contributed by atoms with E-state index in [1.54, 1.807) is 7.11 Å². The third-order valence-corrected chi connectivity index (χ3v) is 4.81. The van der Waals surface area contributed by atoms with E-state index in [1.807, 2.05) is 18.2 Å². The molecule has 0 aliphatic heterocycles. The number of hydrogen-bond donors (Lipinski definition) is 1. The van der Waals surface area contributed by atoms with Gasteiger partial charge < -0.3 is 10.1 Å². The molecule has 0 saturated carbocycles. The molecule has 2 aromatic carbocycles. The van der Waals surface area contributed by atoms with Gasteiger partial charge in [-0.1, -0.05) is 45.2 Å². The van der Waals surface area contributed by atoms with Crippen LogP contribution in [0.1, 0.15) is 23.6 Å². The predicted octanol–water partition coefficient (Wildman–Crippen LogP) is 5.86. The van der Waals surface area contributed by atoms with E-state index in [0.29, 0.717) is 10.0 Å². The molecule has 5 heteroatoms. The number of rotatable bonds is 3. The Bertz CT molecular complexity index is 667. The molecular formula is C16H14BrCl2NO. The lowest BCUT2D eigenvalue weighted by Crippen LogP contribution is -2.08. The van der Waals surface area contributed by atoms with Crippen LogP contribution < -0.4 is 10.1 Å². The van der Waals surface area contributed by atoms with E-state index < -0.39 is 0 Å². The van der Waals surface area contributed by atoms with Gasteiger partial charge in [0.05, 0.1) is 28.9 Å². The minimum Gasteiger partial charge on any atom is -0.497 e. The maximum atomic E-state index is 6.30. The second-order valence-corrected chi connectivity index (χ2v) is 6.77. The predicted molar refractivity (Wildman–Crippen MR) is 91.8 cm³/mol. The Morgan fingerprint density at radius 3 is 2.57 bits per heavy atom. The summed E-state index contributed by atoms with van der Waals surface area (Å²) in [7, 11) is 1.68. The Kier molecular flexibility index (Phi) is 4.34. The molecule has 0 spiro atoms. The highest BCUT2D eigenvalue weighted by atomic mass is 79.9. The minimum atomic E-state index is 0.200. The van der Waals surface area contributed by atoms with Gasteiger partial charge in [0.2, 0.25) is 0 Å². The van der Waals surface area contributed by atoms with Crippen molar-refractivity contribution in [1.29, 1.82) is 0 Å². The zero-order valence-corrected chi connectivity index (χ0v) is 14.5. The SMILES string of the molecule is COc1ccc2c(c1)C(Nc1c(Cl)cc(Br)cc1Cl)CC2. The Morgan fingerprint density at radius 1 is 1.19 bits per heavy atom. The Morgan fingerprint density at radius 2 is 1.90 bits per heavy atom. The van der Waals surface area contributed by atoms with Crippen LogP contribution in [-0.4, -0.2) is 7.11 Å². The number of hydrogen-bond acceptors (Lipinski definition) is 2. The first-order valence-electron chi connectivity index (χ1n) is 6.66. The molecule has 0 fully saturated rings. The minimum absolute atomic E-state index is 0.200. The highest BCUT2D eigenvalue weighted by Gasteiger charge is 2.24. The van der Waals surface area contributed by atoms with Crippen LogP contribution in [0, 0.1) is 0 Å². The molecule has 0 heterocycles. The maximum absolute atomic E-state index is 6.30. The number of ether oxygens (including phenoxy) is 1. The van der Waals surface area contributed by atoms with Crippen LogP contribution in [0.4, 0.5) is 5.69 Å². The summed E-state index contributed by atoms with van der Waals surface area (Å²) in [5.74, 6) is 0.871. The van der Waals surface area contributed by atoms with Crippen molar-refractivity contribution in [3.63, 3.8) is 0 Å². The van der Waals surface area contributed by atoms with Crippen LogP contribution in [-0.2, 0) is 6.42 Å². The first-order chi connectivity index (χ1) is 10.1. The lowest BCUT2D eigenvalue weighted by molar-refractivity contribution is 0.414. The second-order valence-electron chi connectivity index (χ2n) is 5.04. The fourth-order valence-electron chi connectivity index (χ4n) is 2.71. The number of benzene rings is 2. The molecule has 0 saturated heterocycles. The molecule has 1 atom stereocenters. The van der Waals surface area contributed by atoms with E-state index in [9.17, 15) is 0 Å². The van der Waals surface area contributed by atoms with Gasteiger partial charge in [0, 0.05) is 4.47 Å². The van der Waals surface area contributed by atoms with E-state index >= 15 is 0 Å². The first kappa shape index (κ1) is 15.0. The number of anilines is 1. The third-order valence-electron chi connectivity index (χ3n) is 3.76. The van der Waals surface area contributed by atoms with Crippen molar-refractivity contribution in [3.05, 3.63) is 56.0 Å². The zero-order chi connectivity index (χ0) is 15.0. The summed E-state index contributed by atoms with van der Waals surface area (Å²) in [5.41, 5.74) is 3.38. The molecule has 1 aliphatic carbocycles. The monoisotopic (exact) mass is 385 g/mol. The van der Waals surface area contributed by atoms with E-state index in [1.165, 1.54) is 11.1 Å². The molecule has 0 radical (unpaired) electrons. The Balaban J connectivity index is 1.92. The zero-order valence-electron chi connectivity index (χ0n) is 11.4. The van der Waals surface area contributed by atoms with Gasteiger partial charge in [0.1, 0.15) is 5.75 Å². The maximum Gasteiger partial charge on any atom is 0.119 e. The molecule has 2 aromatic rings. The van der Waals surface area contributed by atoms with Crippen molar-refractivity contribution in [2.75, 3.05) is 12.4 Å². The lowest BCUT2D eigenvalue weighted by atomic mass is 10.1. The average Bonchev–Trinajstić information content (AvgIpc) is 2.84. The molecule has 1 N–H and O–H groups in total. The number of halogens is 3. The summed E-state index contributed by atoms with van der Waals surface area (Å²) < 4.78 is 6.19. The number of methoxy groups -OCH3 is 1. The summed E-state index contributed by atoms with van der Waals surface area (Å²) in [6.45, 7) is 0. The van der Waals surface area contributed by atoms with Crippen molar-refractivity contribution in [2.45, 2.75) is 18.9 Å². The quantitative estimate of drug-likeness (QED) is 0.712. The van der Waals surface area contributed by atoms with Gasteiger partial charge in [-0.05, 0) is 48.2 Å². The molecular weight excluding hydrogens is 373 g/mol. The van der Waals surface area contributed by atoms with Crippen LogP contribution in [0.15, 0.2) is 34.8 Å². The molecule has 1 aliphatic rings. The number of nitrogens with one attached hydrogen (secondary N) is 1.